The molecule has 1 aliphatic heterocycles. The Bertz CT molecular complexity index is 1050. The Morgan fingerprint density at radius 2 is 1.79 bits per heavy atom. The first-order chi connectivity index (χ1) is 13.6. The van der Waals surface area contributed by atoms with E-state index in [1.54, 1.807) is 25.1 Å². The molecular formula is C22H18N2O3S. The molecule has 2 aromatic carbocycles. The average molecular weight is 390 g/mol. The number of hydrogen-bond acceptors (Lipinski definition) is 5. The van der Waals surface area contributed by atoms with Gasteiger partial charge >= 0.3 is 0 Å². The van der Waals surface area contributed by atoms with E-state index in [4.69, 9.17) is 9.15 Å². The summed E-state index contributed by atoms with van der Waals surface area (Å²) in [5, 5.41) is 0.622. The second-order valence-corrected chi connectivity index (χ2v) is 7.14. The zero-order valence-corrected chi connectivity index (χ0v) is 16.3. The molecule has 2 heterocycles. The lowest BCUT2D eigenvalue weighted by molar-refractivity contribution is -0.121. The Balaban J connectivity index is 1.56. The van der Waals surface area contributed by atoms with Gasteiger partial charge in [0.1, 0.15) is 17.3 Å². The fourth-order valence-corrected chi connectivity index (χ4v) is 3.70. The zero-order chi connectivity index (χ0) is 19.5. The van der Waals surface area contributed by atoms with Crippen LogP contribution in [0.1, 0.15) is 5.76 Å². The van der Waals surface area contributed by atoms with Crippen LogP contribution in [0, 0.1) is 0 Å². The molecule has 1 amide bonds. The van der Waals surface area contributed by atoms with E-state index in [0.29, 0.717) is 15.8 Å². The van der Waals surface area contributed by atoms with E-state index in [2.05, 4.69) is 4.99 Å². The number of carbonyl (C=O) groups is 1. The van der Waals surface area contributed by atoms with Crippen molar-refractivity contribution in [2.24, 2.45) is 4.99 Å². The lowest BCUT2D eigenvalue weighted by atomic mass is 10.2. The maximum Gasteiger partial charge on any atom is 0.266 e. The third-order valence-corrected chi connectivity index (χ3v) is 5.32. The van der Waals surface area contributed by atoms with Gasteiger partial charge in [0.2, 0.25) is 0 Å². The molecule has 3 aromatic rings. The van der Waals surface area contributed by atoms with Crippen LogP contribution in [-0.2, 0) is 4.79 Å². The number of thioether (sulfide) groups is 1. The van der Waals surface area contributed by atoms with Crippen molar-refractivity contribution in [3.63, 3.8) is 0 Å². The summed E-state index contributed by atoms with van der Waals surface area (Å²) in [6.07, 6.45) is 1.76. The number of amidine groups is 1. The number of amides is 1. The number of furan rings is 1. The van der Waals surface area contributed by atoms with Gasteiger partial charge in [-0.25, -0.2) is 4.99 Å². The summed E-state index contributed by atoms with van der Waals surface area (Å²) in [4.78, 5) is 19.3. The molecule has 0 unspecified atom stereocenters. The molecule has 140 valence electrons. The molecule has 0 bridgehead atoms. The highest BCUT2D eigenvalue weighted by molar-refractivity contribution is 8.18. The number of benzene rings is 2. The van der Waals surface area contributed by atoms with Gasteiger partial charge < -0.3 is 9.15 Å². The van der Waals surface area contributed by atoms with Crippen LogP contribution in [0.5, 0.6) is 5.75 Å². The Morgan fingerprint density at radius 1 is 1.04 bits per heavy atom. The van der Waals surface area contributed by atoms with Crippen LogP contribution in [0.3, 0.4) is 0 Å². The van der Waals surface area contributed by atoms with Crippen LogP contribution in [0.25, 0.3) is 17.4 Å². The van der Waals surface area contributed by atoms with E-state index in [1.807, 2.05) is 66.7 Å². The van der Waals surface area contributed by atoms with Crippen molar-refractivity contribution in [2.45, 2.75) is 0 Å². The van der Waals surface area contributed by atoms with Crippen LogP contribution in [0.15, 0.2) is 81.0 Å². The first kappa shape index (κ1) is 18.1. The quantitative estimate of drug-likeness (QED) is 0.575. The number of hydrogen-bond donors (Lipinski definition) is 0. The Kier molecular flexibility index (Phi) is 5.04. The minimum Gasteiger partial charge on any atom is -0.497 e. The van der Waals surface area contributed by atoms with E-state index in [0.717, 1.165) is 22.8 Å². The average Bonchev–Trinajstić information content (AvgIpc) is 3.30. The molecule has 0 atom stereocenters. The van der Waals surface area contributed by atoms with Gasteiger partial charge in [-0.1, -0.05) is 30.3 Å². The van der Waals surface area contributed by atoms with Gasteiger partial charge in [-0.3, -0.25) is 9.69 Å². The van der Waals surface area contributed by atoms with Crippen molar-refractivity contribution in [2.75, 3.05) is 14.2 Å². The molecule has 5 nitrogen and oxygen atoms in total. The molecule has 1 fully saturated rings. The number of carbonyl (C=O) groups excluding carboxylic acids is 1. The normalized spacial score (nSPS) is 16.9. The molecule has 1 saturated heterocycles. The molecule has 1 aromatic heterocycles. The monoisotopic (exact) mass is 390 g/mol. The minimum atomic E-state index is -0.102. The van der Waals surface area contributed by atoms with Crippen LogP contribution < -0.4 is 4.74 Å². The lowest BCUT2D eigenvalue weighted by Gasteiger charge is -2.07. The maximum absolute atomic E-state index is 12.6. The number of rotatable bonds is 4. The first-order valence-electron chi connectivity index (χ1n) is 8.69. The molecule has 0 N–H and O–H groups in total. The third kappa shape index (κ3) is 3.73. The maximum atomic E-state index is 12.6. The first-order valence-corrected chi connectivity index (χ1v) is 9.51. The predicted molar refractivity (Wildman–Crippen MR) is 113 cm³/mol. The van der Waals surface area contributed by atoms with Crippen molar-refractivity contribution in [3.8, 4) is 17.1 Å². The van der Waals surface area contributed by atoms with Crippen molar-refractivity contribution in [3.05, 3.63) is 77.4 Å². The van der Waals surface area contributed by atoms with E-state index in [-0.39, 0.29) is 5.91 Å². The van der Waals surface area contributed by atoms with E-state index < -0.39 is 0 Å². The fourth-order valence-electron chi connectivity index (χ4n) is 2.74. The molecule has 0 aliphatic carbocycles. The zero-order valence-electron chi connectivity index (χ0n) is 15.5. The molecule has 0 saturated carbocycles. The van der Waals surface area contributed by atoms with E-state index >= 15 is 0 Å². The van der Waals surface area contributed by atoms with Gasteiger partial charge in [-0.2, -0.15) is 0 Å². The van der Waals surface area contributed by atoms with Crippen LogP contribution >= 0.6 is 11.8 Å². The number of ether oxygens (including phenoxy) is 1. The molecule has 4 rings (SSSR count). The highest BCUT2D eigenvalue weighted by Crippen LogP contribution is 2.34. The van der Waals surface area contributed by atoms with Gasteiger partial charge in [0.25, 0.3) is 5.91 Å². The van der Waals surface area contributed by atoms with Gasteiger partial charge in [0.05, 0.1) is 17.7 Å². The van der Waals surface area contributed by atoms with Gasteiger partial charge in [0, 0.05) is 18.7 Å². The second-order valence-electron chi connectivity index (χ2n) is 6.14. The van der Waals surface area contributed by atoms with Crippen LogP contribution in [0.4, 0.5) is 5.69 Å². The summed E-state index contributed by atoms with van der Waals surface area (Å²) in [7, 11) is 3.34. The summed E-state index contributed by atoms with van der Waals surface area (Å²) in [5.41, 5.74) is 1.75. The fraction of sp³-hybridized carbons (Fsp3) is 0.0909. The SMILES string of the molecule is COc1ccc(N=C2S/C(=C\c3ccc(-c4ccccc4)o3)C(=O)N2C)cc1. The molecule has 28 heavy (non-hydrogen) atoms. The number of aliphatic imine (C=N–C) groups is 1. The number of methoxy groups -OCH3 is 1. The van der Waals surface area contributed by atoms with Crippen molar-refractivity contribution in [1.29, 1.82) is 0 Å². The highest BCUT2D eigenvalue weighted by Gasteiger charge is 2.30. The molecule has 0 spiro atoms. The molecule has 0 radical (unpaired) electrons. The lowest BCUT2D eigenvalue weighted by Crippen LogP contribution is -2.23. The third-order valence-electron chi connectivity index (χ3n) is 4.26. The van der Waals surface area contributed by atoms with E-state index in [1.165, 1.54) is 11.8 Å². The van der Waals surface area contributed by atoms with Crippen molar-refractivity contribution in [1.82, 2.24) is 4.90 Å². The molecule has 1 aliphatic rings. The second kappa shape index (κ2) is 7.78. The van der Waals surface area contributed by atoms with Gasteiger partial charge in [0.15, 0.2) is 5.17 Å². The predicted octanol–water partition coefficient (Wildman–Crippen LogP) is 5.19. The summed E-state index contributed by atoms with van der Waals surface area (Å²) >= 11 is 1.33. The number of nitrogens with zero attached hydrogens (tertiary/aromatic N) is 2. The summed E-state index contributed by atoms with van der Waals surface area (Å²) in [6.45, 7) is 0. The minimum absolute atomic E-state index is 0.102. The van der Waals surface area contributed by atoms with Crippen molar-refractivity contribution >= 4 is 34.6 Å². The Hall–Kier alpha value is -3.25. The Labute approximate surface area is 167 Å². The summed E-state index contributed by atoms with van der Waals surface area (Å²) in [6, 6.07) is 21.0. The standard InChI is InChI=1S/C22H18N2O3S/c1-24-21(25)20(28-22(24)23-16-8-10-17(26-2)11-9-16)14-18-12-13-19(27-18)15-6-4-3-5-7-15/h3-14H,1-2H3/b20-14-,23-22?. The number of likely N-dealkylation sites (N-methyl/N-ethyl adjacent to an activating group) is 1. The van der Waals surface area contributed by atoms with Gasteiger partial charge in [-0.15, -0.1) is 0 Å². The smallest absolute Gasteiger partial charge is 0.266 e. The summed E-state index contributed by atoms with van der Waals surface area (Å²) < 4.78 is 11.0. The molecule has 6 heteroatoms. The van der Waals surface area contributed by atoms with E-state index in [9.17, 15) is 4.79 Å². The Morgan fingerprint density at radius 3 is 2.50 bits per heavy atom. The van der Waals surface area contributed by atoms with Crippen LogP contribution in [-0.4, -0.2) is 30.1 Å². The van der Waals surface area contributed by atoms with Crippen LogP contribution in [0.2, 0.25) is 0 Å². The largest absolute Gasteiger partial charge is 0.497 e. The topological polar surface area (TPSA) is 55.0 Å². The summed E-state index contributed by atoms with van der Waals surface area (Å²) in [5.74, 6) is 2.06. The van der Waals surface area contributed by atoms with Gasteiger partial charge in [-0.05, 0) is 48.2 Å². The highest BCUT2D eigenvalue weighted by atomic mass is 32.2. The molecular weight excluding hydrogens is 372 g/mol. The van der Waals surface area contributed by atoms with Crippen molar-refractivity contribution < 1.29 is 13.9 Å².